The maximum absolute atomic E-state index is 13.3. The normalized spacial score (nSPS) is 12.5. The van der Waals surface area contributed by atoms with Gasteiger partial charge in [-0.2, -0.15) is 0 Å². The van der Waals surface area contributed by atoms with Gasteiger partial charge in [0, 0.05) is 6.08 Å². The van der Waals surface area contributed by atoms with Gasteiger partial charge in [0.25, 0.3) is 15.9 Å². The first-order valence-corrected chi connectivity index (χ1v) is 15.6. The average Bonchev–Trinajstić information content (AvgIpc) is 2.78. The molecule has 35 heavy (non-hydrogen) atoms. The topological polar surface area (TPSA) is 72.5 Å². The molecule has 5 nitrogen and oxygen atoms in total. The molecule has 0 saturated heterocycles. The molecule has 2 rings (SSSR count). The molecule has 2 aromatic carbocycles. The van der Waals surface area contributed by atoms with Gasteiger partial charge in [-0.15, -0.1) is 5.54 Å². The molecule has 188 valence electrons. The Bertz CT molecular complexity index is 1190. The van der Waals surface area contributed by atoms with Gasteiger partial charge in [0.1, 0.15) is 13.8 Å². The zero-order chi connectivity index (χ0) is 26.4. The summed E-state index contributed by atoms with van der Waals surface area (Å²) in [6, 6.07) is 13.3. The summed E-state index contributed by atoms with van der Waals surface area (Å²) in [5.74, 6) is 3.09. The predicted molar refractivity (Wildman–Crippen MR) is 146 cm³/mol. The van der Waals surface area contributed by atoms with Crippen molar-refractivity contribution in [3.63, 3.8) is 0 Å². The Morgan fingerprint density at radius 2 is 1.43 bits per heavy atom. The first-order chi connectivity index (χ1) is 16.3. The number of ether oxygens (including phenoxy) is 1. The number of nitrogens with one attached hydrogen (secondary N) is 1. The van der Waals surface area contributed by atoms with Gasteiger partial charge in [-0.25, -0.2) is 13.1 Å². The fraction of sp³-hybridized carbons (Fsp3) is 0.393. The molecule has 0 unspecified atom stereocenters. The number of rotatable bonds is 8. The Hall–Kier alpha value is -2.82. The Morgan fingerprint density at radius 1 is 0.914 bits per heavy atom. The summed E-state index contributed by atoms with van der Waals surface area (Å²) in [5, 5.41) is 0. The van der Waals surface area contributed by atoms with Gasteiger partial charge in [0.05, 0.1) is 17.6 Å². The Balaban J connectivity index is 2.56. The van der Waals surface area contributed by atoms with Crippen LogP contribution in [0, 0.1) is 18.4 Å². The van der Waals surface area contributed by atoms with Crippen molar-refractivity contribution in [2.24, 2.45) is 0 Å². The van der Waals surface area contributed by atoms with Crippen LogP contribution < -0.4 is 9.46 Å². The maximum Gasteiger partial charge on any atom is 0.266 e. The molecular formula is C28H37NO4SSi. The molecule has 0 radical (unpaired) electrons. The molecule has 0 aliphatic rings. The van der Waals surface area contributed by atoms with Crippen LogP contribution in [0.15, 0.2) is 59.5 Å². The van der Waals surface area contributed by atoms with Crippen molar-refractivity contribution in [1.29, 1.82) is 0 Å². The largest absolute Gasteiger partial charge is 0.497 e. The minimum Gasteiger partial charge on any atom is -0.497 e. The molecule has 0 heterocycles. The molecule has 0 spiro atoms. The summed E-state index contributed by atoms with van der Waals surface area (Å²) in [7, 11) is -4.50. The predicted octanol–water partition coefficient (Wildman–Crippen LogP) is 6.11. The fourth-order valence-corrected chi connectivity index (χ4v) is 10.8. The highest BCUT2D eigenvalue weighted by molar-refractivity contribution is 7.90. The SMILES string of the molecule is COc1ccc(/C(=C/C#C[Si](C(C)C)(C(C)C)C(C)C)C(=O)NS(=O)(=O)c2ccc(C)cc2)cc1. The number of hydrogen-bond donors (Lipinski definition) is 1. The number of aryl methyl sites for hydroxylation is 1. The number of methoxy groups -OCH3 is 1. The van der Waals surface area contributed by atoms with Crippen molar-refractivity contribution < 1.29 is 17.9 Å². The van der Waals surface area contributed by atoms with Crippen molar-refractivity contribution in [1.82, 2.24) is 4.72 Å². The second-order valence-corrected chi connectivity index (χ2v) is 17.0. The van der Waals surface area contributed by atoms with Crippen LogP contribution in [-0.4, -0.2) is 29.5 Å². The molecule has 0 aliphatic carbocycles. The molecule has 0 aromatic heterocycles. The third-order valence-corrected chi connectivity index (χ3v) is 14.2. The molecular weight excluding hydrogens is 474 g/mol. The van der Waals surface area contributed by atoms with Gasteiger partial charge < -0.3 is 4.74 Å². The van der Waals surface area contributed by atoms with Crippen LogP contribution in [-0.2, 0) is 14.8 Å². The van der Waals surface area contributed by atoms with Crippen LogP contribution in [0.5, 0.6) is 5.75 Å². The number of hydrogen-bond acceptors (Lipinski definition) is 4. The molecule has 1 amide bonds. The molecule has 2 aromatic rings. The number of benzene rings is 2. The third-order valence-electron chi connectivity index (χ3n) is 6.58. The number of allylic oxidation sites excluding steroid dienone is 1. The molecule has 0 saturated carbocycles. The molecule has 1 N–H and O–H groups in total. The lowest BCUT2D eigenvalue weighted by Gasteiger charge is -2.38. The summed E-state index contributed by atoms with van der Waals surface area (Å²) in [5.41, 5.74) is 6.55. The minimum absolute atomic E-state index is 0.0301. The van der Waals surface area contributed by atoms with E-state index in [0.717, 1.165) is 5.56 Å². The second kappa shape index (κ2) is 11.7. The Morgan fingerprint density at radius 3 is 1.89 bits per heavy atom. The van der Waals surface area contributed by atoms with E-state index < -0.39 is 24.0 Å². The summed E-state index contributed by atoms with van der Waals surface area (Å²) in [4.78, 5) is 13.3. The van der Waals surface area contributed by atoms with E-state index in [9.17, 15) is 13.2 Å². The van der Waals surface area contributed by atoms with Gasteiger partial charge >= 0.3 is 0 Å². The molecule has 0 bridgehead atoms. The number of amides is 1. The lowest BCUT2D eigenvalue weighted by molar-refractivity contribution is -0.114. The van der Waals surface area contributed by atoms with Crippen LogP contribution in [0.2, 0.25) is 16.6 Å². The van der Waals surface area contributed by atoms with Crippen molar-refractivity contribution in [2.45, 2.75) is 70.0 Å². The van der Waals surface area contributed by atoms with Crippen molar-refractivity contribution in [2.75, 3.05) is 7.11 Å². The molecule has 0 fully saturated rings. The smallest absolute Gasteiger partial charge is 0.266 e. The van der Waals surface area contributed by atoms with Gasteiger partial charge in [0.2, 0.25) is 0 Å². The van der Waals surface area contributed by atoms with Crippen molar-refractivity contribution >= 4 is 29.6 Å². The summed E-state index contributed by atoms with van der Waals surface area (Å²) < 4.78 is 33.2. The highest BCUT2D eigenvalue weighted by atomic mass is 32.2. The second-order valence-electron chi connectivity index (χ2n) is 9.70. The van der Waals surface area contributed by atoms with Gasteiger partial charge in [-0.05, 0) is 53.4 Å². The van der Waals surface area contributed by atoms with Gasteiger partial charge in [-0.3, -0.25) is 4.79 Å². The number of sulfonamides is 1. The van der Waals surface area contributed by atoms with E-state index in [-0.39, 0.29) is 10.5 Å². The summed E-state index contributed by atoms with van der Waals surface area (Å²) in [6.45, 7) is 15.2. The van der Waals surface area contributed by atoms with Crippen molar-refractivity contribution in [3.05, 3.63) is 65.7 Å². The number of carbonyl (C=O) groups is 1. The van der Waals surface area contributed by atoms with Gasteiger partial charge in [0.15, 0.2) is 0 Å². The van der Waals surface area contributed by atoms with E-state index in [1.165, 1.54) is 12.1 Å². The van der Waals surface area contributed by atoms with Gasteiger partial charge in [-0.1, -0.05) is 77.3 Å². The van der Waals surface area contributed by atoms with Crippen LogP contribution in [0.1, 0.15) is 52.7 Å². The quantitative estimate of drug-likeness (QED) is 0.263. The highest BCUT2D eigenvalue weighted by Crippen LogP contribution is 2.40. The lowest BCUT2D eigenvalue weighted by atomic mass is 10.1. The van der Waals surface area contributed by atoms with Crippen LogP contribution in [0.4, 0.5) is 0 Å². The number of carbonyl (C=O) groups excluding carboxylic acids is 1. The Kier molecular flexibility index (Phi) is 9.53. The standard InChI is InChI=1S/C28H37NO4SSi/c1-20(2)35(21(3)4,22(5)6)19-9-10-27(24-13-15-25(33-8)16-14-24)28(30)29-34(31,32)26-17-11-23(7)12-18-26/h10-18,20-22H,1-8H3,(H,29,30)/b27-10-. The van der Waals surface area contributed by atoms with Crippen molar-refractivity contribution in [3.8, 4) is 17.2 Å². The molecule has 0 aliphatic heterocycles. The summed E-state index contributed by atoms with van der Waals surface area (Å²) >= 11 is 0. The van der Waals surface area contributed by atoms with Crippen LogP contribution >= 0.6 is 0 Å². The molecule has 0 atom stereocenters. The van der Waals surface area contributed by atoms with E-state index in [1.807, 2.05) is 6.92 Å². The van der Waals surface area contributed by atoms with E-state index in [0.29, 0.717) is 27.9 Å². The summed E-state index contributed by atoms with van der Waals surface area (Å²) in [6.07, 6.45) is 1.55. The maximum atomic E-state index is 13.3. The zero-order valence-electron chi connectivity index (χ0n) is 22.0. The fourth-order valence-electron chi connectivity index (χ4n) is 4.67. The average molecular weight is 512 g/mol. The van der Waals surface area contributed by atoms with E-state index >= 15 is 0 Å². The minimum atomic E-state index is -4.04. The highest BCUT2D eigenvalue weighted by Gasteiger charge is 2.41. The molecule has 7 heteroatoms. The zero-order valence-corrected chi connectivity index (χ0v) is 23.8. The first-order valence-electron chi connectivity index (χ1n) is 11.9. The van der Waals surface area contributed by atoms with E-state index in [4.69, 9.17) is 4.74 Å². The lowest BCUT2D eigenvalue weighted by Crippen LogP contribution is -2.43. The van der Waals surface area contributed by atoms with E-state index in [1.54, 1.807) is 49.6 Å². The van der Waals surface area contributed by atoms with E-state index in [2.05, 4.69) is 57.7 Å². The first kappa shape index (κ1) is 28.4. The van der Waals surface area contributed by atoms with Crippen LogP contribution in [0.25, 0.3) is 5.57 Å². The Labute approximate surface area is 212 Å². The monoisotopic (exact) mass is 511 g/mol. The third kappa shape index (κ3) is 6.65. The van der Waals surface area contributed by atoms with Crippen LogP contribution in [0.3, 0.4) is 0 Å².